The molecular formula is C19H22INO3S. The number of nitrogens with zero attached hydrogens (tertiary/aromatic N) is 1. The second-order valence-corrected chi connectivity index (χ2v) is 8.85. The minimum atomic E-state index is -4.27. The van der Waals surface area contributed by atoms with E-state index in [0.29, 0.717) is 0 Å². The van der Waals surface area contributed by atoms with Crippen LogP contribution < -0.4 is 0 Å². The van der Waals surface area contributed by atoms with E-state index in [1.165, 1.54) is 27.1 Å². The van der Waals surface area contributed by atoms with Gasteiger partial charge in [0.15, 0.2) is 0 Å². The smallest absolute Gasteiger partial charge is 0.228 e. The molecule has 0 spiro atoms. The van der Waals surface area contributed by atoms with Gasteiger partial charge in [-0.2, -0.15) is 4.58 Å². The molecule has 6 heteroatoms. The van der Waals surface area contributed by atoms with E-state index in [-0.39, 0.29) is 10.3 Å². The second-order valence-electron chi connectivity index (χ2n) is 6.44. The van der Waals surface area contributed by atoms with Crippen molar-refractivity contribution in [3.8, 4) is 0 Å². The average Bonchev–Trinajstić information content (AvgIpc) is 2.75. The SMILES string of the molecule is CC[N+]1=C(I)C(C)(C)c2ccccc21.Cc1ccc(S(=O)(=O)[O-])cc1. The molecule has 0 bridgehead atoms. The lowest BCUT2D eigenvalue weighted by atomic mass is 9.87. The number of aryl methyl sites for hydroxylation is 1. The summed E-state index contributed by atoms with van der Waals surface area (Å²) in [7, 11) is -4.27. The van der Waals surface area contributed by atoms with Crippen LogP contribution in [0.3, 0.4) is 0 Å². The molecule has 25 heavy (non-hydrogen) atoms. The molecule has 1 aliphatic heterocycles. The predicted octanol–water partition coefficient (Wildman–Crippen LogP) is 4.37. The minimum Gasteiger partial charge on any atom is -0.744 e. The molecule has 0 saturated heterocycles. The Morgan fingerprint density at radius 3 is 2.16 bits per heavy atom. The molecular weight excluding hydrogens is 449 g/mol. The maximum Gasteiger partial charge on any atom is 0.228 e. The van der Waals surface area contributed by atoms with Crippen molar-refractivity contribution in [1.82, 2.24) is 0 Å². The molecule has 0 radical (unpaired) electrons. The molecule has 0 aromatic heterocycles. The molecule has 0 aliphatic carbocycles. The first-order valence-electron chi connectivity index (χ1n) is 8.01. The first-order valence-corrected chi connectivity index (χ1v) is 10.5. The first-order chi connectivity index (χ1) is 11.6. The summed E-state index contributed by atoms with van der Waals surface area (Å²) in [5.74, 6) is 0. The molecule has 0 saturated carbocycles. The van der Waals surface area contributed by atoms with E-state index in [0.717, 1.165) is 12.1 Å². The topological polar surface area (TPSA) is 60.2 Å². The Kier molecular flexibility index (Phi) is 6.06. The molecule has 0 atom stereocenters. The van der Waals surface area contributed by atoms with Crippen molar-refractivity contribution >= 4 is 42.1 Å². The molecule has 0 unspecified atom stereocenters. The largest absolute Gasteiger partial charge is 0.744 e. The van der Waals surface area contributed by atoms with Gasteiger partial charge in [-0.15, -0.1) is 0 Å². The molecule has 1 heterocycles. The van der Waals surface area contributed by atoms with Crippen LogP contribution >= 0.6 is 22.6 Å². The van der Waals surface area contributed by atoms with Gasteiger partial charge < -0.3 is 4.55 Å². The van der Waals surface area contributed by atoms with Gasteiger partial charge in [0, 0.05) is 34.2 Å². The van der Waals surface area contributed by atoms with Gasteiger partial charge in [0.1, 0.15) is 16.7 Å². The highest BCUT2D eigenvalue weighted by Crippen LogP contribution is 2.40. The third kappa shape index (κ3) is 4.30. The lowest BCUT2D eigenvalue weighted by Gasteiger charge is -2.12. The van der Waals surface area contributed by atoms with Crippen LogP contribution in [0.2, 0.25) is 0 Å². The van der Waals surface area contributed by atoms with Gasteiger partial charge in [0.25, 0.3) is 0 Å². The Morgan fingerprint density at radius 1 is 1.08 bits per heavy atom. The number of rotatable bonds is 2. The Bertz CT molecular complexity index is 901. The predicted molar refractivity (Wildman–Crippen MR) is 108 cm³/mol. The number of para-hydroxylation sites is 1. The van der Waals surface area contributed by atoms with Crippen LogP contribution in [0.25, 0.3) is 0 Å². The maximum atomic E-state index is 10.4. The Morgan fingerprint density at radius 2 is 1.64 bits per heavy atom. The number of hydrogen-bond acceptors (Lipinski definition) is 3. The van der Waals surface area contributed by atoms with E-state index in [9.17, 15) is 13.0 Å². The van der Waals surface area contributed by atoms with E-state index in [4.69, 9.17) is 0 Å². The molecule has 3 rings (SSSR count). The van der Waals surface area contributed by atoms with Crippen molar-refractivity contribution in [2.75, 3.05) is 6.54 Å². The van der Waals surface area contributed by atoms with E-state index in [2.05, 4.69) is 72.2 Å². The molecule has 1 aliphatic rings. The summed E-state index contributed by atoms with van der Waals surface area (Å²) in [4.78, 5) is -0.178. The first kappa shape index (κ1) is 20.1. The van der Waals surface area contributed by atoms with Crippen molar-refractivity contribution in [3.63, 3.8) is 0 Å². The van der Waals surface area contributed by atoms with Crippen LogP contribution in [-0.2, 0) is 15.5 Å². The highest BCUT2D eigenvalue weighted by atomic mass is 127. The van der Waals surface area contributed by atoms with Gasteiger partial charge in [0.05, 0.1) is 10.3 Å². The summed E-state index contributed by atoms with van der Waals surface area (Å²) >= 11 is 2.47. The van der Waals surface area contributed by atoms with Gasteiger partial charge >= 0.3 is 0 Å². The minimum absolute atomic E-state index is 0.178. The van der Waals surface area contributed by atoms with Crippen LogP contribution in [0.1, 0.15) is 31.9 Å². The Hall–Kier alpha value is -1.25. The third-order valence-corrected chi connectivity index (χ3v) is 7.03. The molecule has 4 nitrogen and oxygen atoms in total. The van der Waals surface area contributed by atoms with Gasteiger partial charge in [-0.3, -0.25) is 0 Å². The van der Waals surface area contributed by atoms with Gasteiger partial charge in [0.2, 0.25) is 9.41 Å². The highest BCUT2D eigenvalue weighted by Gasteiger charge is 2.43. The third-order valence-electron chi connectivity index (χ3n) is 4.25. The summed E-state index contributed by atoms with van der Waals surface area (Å²) in [5, 5.41) is 0. The van der Waals surface area contributed by atoms with E-state index >= 15 is 0 Å². The Labute approximate surface area is 163 Å². The van der Waals surface area contributed by atoms with Crippen LogP contribution in [0, 0.1) is 6.92 Å². The monoisotopic (exact) mass is 471 g/mol. The summed E-state index contributed by atoms with van der Waals surface area (Å²) in [6.45, 7) is 9.67. The lowest BCUT2D eigenvalue weighted by Crippen LogP contribution is -2.23. The van der Waals surface area contributed by atoms with Crippen molar-refractivity contribution in [2.24, 2.45) is 0 Å². The second kappa shape index (κ2) is 7.55. The fourth-order valence-electron chi connectivity index (χ4n) is 2.81. The van der Waals surface area contributed by atoms with Crippen LogP contribution in [0.15, 0.2) is 53.4 Å². The van der Waals surface area contributed by atoms with E-state index in [1.807, 2.05) is 6.92 Å². The fraction of sp³-hybridized carbons (Fsp3) is 0.316. The van der Waals surface area contributed by atoms with Crippen molar-refractivity contribution in [3.05, 3.63) is 59.7 Å². The average molecular weight is 471 g/mol. The van der Waals surface area contributed by atoms with E-state index in [1.54, 1.807) is 12.1 Å². The van der Waals surface area contributed by atoms with Crippen molar-refractivity contribution in [2.45, 2.75) is 38.0 Å². The Balaban J connectivity index is 0.000000186. The van der Waals surface area contributed by atoms with Crippen LogP contribution in [0.5, 0.6) is 0 Å². The van der Waals surface area contributed by atoms with E-state index < -0.39 is 10.1 Å². The summed E-state index contributed by atoms with van der Waals surface area (Å²) in [6.07, 6.45) is 0. The lowest BCUT2D eigenvalue weighted by molar-refractivity contribution is -0.429. The van der Waals surface area contributed by atoms with Gasteiger partial charge in [-0.05, 0) is 39.8 Å². The van der Waals surface area contributed by atoms with Crippen molar-refractivity contribution in [1.29, 1.82) is 0 Å². The molecule has 134 valence electrons. The zero-order valence-corrected chi connectivity index (χ0v) is 17.8. The van der Waals surface area contributed by atoms with Gasteiger partial charge in [-0.25, -0.2) is 8.42 Å². The molecule has 0 fully saturated rings. The summed E-state index contributed by atoms with van der Waals surface area (Å²) < 4.78 is 35.0. The molecule has 0 amide bonds. The molecule has 2 aromatic rings. The van der Waals surface area contributed by atoms with Gasteiger partial charge in [-0.1, -0.05) is 35.9 Å². The quantitative estimate of drug-likeness (QED) is 0.371. The fourth-order valence-corrected chi connectivity index (χ4v) is 4.17. The van der Waals surface area contributed by atoms with Crippen LogP contribution in [0.4, 0.5) is 5.69 Å². The molecule has 0 N–H and O–H groups in total. The summed E-state index contributed by atoms with van der Waals surface area (Å²) in [5.41, 5.74) is 3.95. The highest BCUT2D eigenvalue weighted by molar-refractivity contribution is 14.1. The zero-order chi connectivity index (χ0) is 18.8. The number of hydrogen-bond donors (Lipinski definition) is 0. The number of fused-ring (bicyclic) bond motifs is 1. The summed E-state index contributed by atoms with van der Waals surface area (Å²) in [6, 6.07) is 14.5. The van der Waals surface area contributed by atoms with Crippen molar-refractivity contribution < 1.29 is 17.5 Å². The van der Waals surface area contributed by atoms with Crippen LogP contribution in [-0.4, -0.2) is 27.8 Å². The molecule has 2 aromatic carbocycles. The maximum absolute atomic E-state index is 10.4. The standard InChI is InChI=1S/C12H15IN.C7H8O3S/c1-4-14-10-8-6-5-7-9(10)12(2,3)11(14)13;1-6-2-4-7(5-3-6)11(8,9)10/h5-8H,4H2,1-3H3;2-5H,1H3,(H,8,9,10)/q+1;/p-1. The normalized spacial score (nSPS) is 15.4. The zero-order valence-electron chi connectivity index (χ0n) is 14.8. The number of halogens is 1. The number of benzene rings is 2.